The summed E-state index contributed by atoms with van der Waals surface area (Å²) in [6, 6.07) is 6.95. The van der Waals surface area contributed by atoms with Crippen molar-refractivity contribution in [1.29, 1.82) is 0 Å². The van der Waals surface area contributed by atoms with Crippen LogP contribution in [0.4, 0.5) is 11.4 Å². The molecule has 0 aliphatic heterocycles. The third kappa shape index (κ3) is 3.46. The number of anilines is 1. The average molecular weight is 401 g/mol. The van der Waals surface area contributed by atoms with Gasteiger partial charge in [0, 0.05) is 22.5 Å². The van der Waals surface area contributed by atoms with Gasteiger partial charge in [0.05, 0.1) is 26.2 Å². The molecule has 3 rings (SSSR count). The monoisotopic (exact) mass is 399 g/mol. The lowest BCUT2D eigenvalue weighted by Crippen LogP contribution is -2.30. The highest BCUT2D eigenvalue weighted by molar-refractivity contribution is 6.41. The summed E-state index contributed by atoms with van der Waals surface area (Å²) in [5.74, 6) is -0.631. The molecule has 0 saturated heterocycles. The van der Waals surface area contributed by atoms with Crippen LogP contribution >= 0.6 is 34.8 Å². The van der Waals surface area contributed by atoms with Crippen molar-refractivity contribution in [3.8, 4) is 0 Å². The Hall–Kier alpha value is -2.55. The standard InChI is InChI=1S/C14H8Cl3N5O3/c15-6-3-9(16)13(10(17)4-6)20-21-14(23)12-8-5-7(22(24)25)1-2-11(8)18-19-12/h1-5,20H,(H,18,19)(H,21,23). The molecule has 2 aromatic carbocycles. The Morgan fingerprint density at radius 2 is 1.84 bits per heavy atom. The van der Waals surface area contributed by atoms with E-state index >= 15 is 0 Å². The summed E-state index contributed by atoms with van der Waals surface area (Å²) >= 11 is 17.8. The number of nitrogens with zero attached hydrogens (tertiary/aromatic N) is 2. The van der Waals surface area contributed by atoms with Crippen LogP contribution in [-0.2, 0) is 0 Å². The number of nitro benzene ring substituents is 1. The molecule has 1 heterocycles. The van der Waals surface area contributed by atoms with Gasteiger partial charge in [0.25, 0.3) is 11.6 Å². The van der Waals surface area contributed by atoms with Crippen molar-refractivity contribution in [1.82, 2.24) is 15.6 Å². The van der Waals surface area contributed by atoms with Gasteiger partial charge in [-0.2, -0.15) is 5.10 Å². The topological polar surface area (TPSA) is 113 Å². The Labute approximate surface area is 155 Å². The van der Waals surface area contributed by atoms with Crippen LogP contribution in [0.25, 0.3) is 10.9 Å². The van der Waals surface area contributed by atoms with Gasteiger partial charge >= 0.3 is 0 Å². The van der Waals surface area contributed by atoms with E-state index in [9.17, 15) is 14.9 Å². The molecule has 8 nitrogen and oxygen atoms in total. The number of nitro groups is 1. The smallest absolute Gasteiger partial charge is 0.290 e. The molecule has 11 heteroatoms. The zero-order valence-electron chi connectivity index (χ0n) is 12.1. The van der Waals surface area contributed by atoms with E-state index < -0.39 is 10.8 Å². The number of non-ortho nitro benzene ring substituents is 1. The fourth-order valence-electron chi connectivity index (χ4n) is 2.13. The minimum absolute atomic E-state index is 0.0209. The van der Waals surface area contributed by atoms with Gasteiger partial charge < -0.3 is 0 Å². The number of carbonyl (C=O) groups excluding carboxylic acids is 1. The number of hydrogen-bond acceptors (Lipinski definition) is 5. The Kier molecular flexibility index (Phi) is 4.67. The molecule has 0 fully saturated rings. The molecule has 0 spiro atoms. The fraction of sp³-hybridized carbons (Fsp3) is 0. The highest BCUT2D eigenvalue weighted by Crippen LogP contribution is 2.33. The number of aromatic amines is 1. The number of aromatic nitrogens is 2. The molecule has 0 radical (unpaired) electrons. The maximum absolute atomic E-state index is 12.3. The van der Waals surface area contributed by atoms with Gasteiger partial charge in [-0.25, -0.2) is 0 Å². The zero-order chi connectivity index (χ0) is 18.1. The normalized spacial score (nSPS) is 10.7. The van der Waals surface area contributed by atoms with E-state index in [4.69, 9.17) is 34.8 Å². The Balaban J connectivity index is 1.86. The van der Waals surface area contributed by atoms with Crippen molar-refractivity contribution in [3.63, 3.8) is 0 Å². The third-order valence-corrected chi connectivity index (χ3v) is 4.09. The van der Waals surface area contributed by atoms with Crippen LogP contribution in [0, 0.1) is 10.1 Å². The third-order valence-electron chi connectivity index (χ3n) is 3.28. The Morgan fingerprint density at radius 3 is 2.48 bits per heavy atom. The Bertz CT molecular complexity index is 982. The summed E-state index contributed by atoms with van der Waals surface area (Å²) in [4.78, 5) is 22.7. The lowest BCUT2D eigenvalue weighted by molar-refractivity contribution is -0.384. The number of benzene rings is 2. The van der Waals surface area contributed by atoms with Gasteiger partial charge in [-0.1, -0.05) is 34.8 Å². The minimum atomic E-state index is -0.631. The molecule has 0 saturated carbocycles. The van der Waals surface area contributed by atoms with Crippen LogP contribution in [0.2, 0.25) is 15.1 Å². The molecule has 0 unspecified atom stereocenters. The number of amides is 1. The van der Waals surface area contributed by atoms with Gasteiger partial charge in [-0.05, 0) is 18.2 Å². The van der Waals surface area contributed by atoms with Crippen LogP contribution in [0.3, 0.4) is 0 Å². The summed E-state index contributed by atoms with van der Waals surface area (Å²) in [5, 5.41) is 18.5. The van der Waals surface area contributed by atoms with E-state index in [1.807, 2.05) is 0 Å². The molecule has 1 amide bonds. The average Bonchev–Trinajstić information content (AvgIpc) is 2.96. The lowest BCUT2D eigenvalue weighted by Gasteiger charge is -2.11. The first-order valence-electron chi connectivity index (χ1n) is 6.70. The van der Waals surface area contributed by atoms with Crippen molar-refractivity contribution in [2.24, 2.45) is 0 Å². The number of fused-ring (bicyclic) bond motifs is 1. The number of nitrogens with one attached hydrogen (secondary N) is 3. The quantitative estimate of drug-likeness (QED) is 0.449. The van der Waals surface area contributed by atoms with E-state index in [-0.39, 0.29) is 27.1 Å². The van der Waals surface area contributed by atoms with Gasteiger partial charge in [0.1, 0.15) is 0 Å². The molecule has 3 aromatic rings. The van der Waals surface area contributed by atoms with E-state index in [1.165, 1.54) is 30.3 Å². The van der Waals surface area contributed by atoms with E-state index in [0.717, 1.165) is 0 Å². The summed E-state index contributed by atoms with van der Waals surface area (Å²) < 4.78 is 0. The van der Waals surface area contributed by atoms with Gasteiger partial charge in [0.15, 0.2) is 5.69 Å². The summed E-state index contributed by atoms with van der Waals surface area (Å²) in [6.07, 6.45) is 0. The number of H-pyrrole nitrogens is 1. The van der Waals surface area contributed by atoms with Crippen LogP contribution in [-0.4, -0.2) is 21.0 Å². The molecule has 0 aliphatic carbocycles. The van der Waals surface area contributed by atoms with Crippen molar-refractivity contribution >= 4 is 63.0 Å². The highest BCUT2D eigenvalue weighted by atomic mass is 35.5. The zero-order valence-corrected chi connectivity index (χ0v) is 14.4. The first kappa shape index (κ1) is 17.3. The van der Waals surface area contributed by atoms with Gasteiger partial charge in [0.2, 0.25) is 0 Å². The minimum Gasteiger partial charge on any atom is -0.295 e. The molecule has 0 bridgehead atoms. The second-order valence-electron chi connectivity index (χ2n) is 4.88. The molecule has 3 N–H and O–H groups in total. The predicted molar refractivity (Wildman–Crippen MR) is 95.3 cm³/mol. The van der Waals surface area contributed by atoms with Crippen LogP contribution in [0.15, 0.2) is 30.3 Å². The fourth-order valence-corrected chi connectivity index (χ4v) is 3.04. The molecule has 25 heavy (non-hydrogen) atoms. The maximum Gasteiger partial charge on any atom is 0.290 e. The number of hydrazine groups is 1. The summed E-state index contributed by atoms with van der Waals surface area (Å²) in [6.45, 7) is 0. The maximum atomic E-state index is 12.3. The first-order chi connectivity index (χ1) is 11.9. The second kappa shape index (κ2) is 6.75. The van der Waals surface area contributed by atoms with Crippen molar-refractivity contribution in [2.75, 3.05) is 5.43 Å². The summed E-state index contributed by atoms with van der Waals surface area (Å²) in [5.41, 5.74) is 5.55. The summed E-state index contributed by atoms with van der Waals surface area (Å²) in [7, 11) is 0. The molecule has 128 valence electrons. The molecule has 0 aliphatic rings. The van der Waals surface area contributed by atoms with Gasteiger partial charge in [-0.15, -0.1) is 0 Å². The molecule has 1 aromatic heterocycles. The largest absolute Gasteiger partial charge is 0.295 e. The number of hydrogen-bond donors (Lipinski definition) is 3. The van der Waals surface area contributed by atoms with Crippen LogP contribution in [0.1, 0.15) is 10.5 Å². The van der Waals surface area contributed by atoms with Crippen LogP contribution < -0.4 is 10.9 Å². The van der Waals surface area contributed by atoms with Crippen molar-refractivity contribution in [3.05, 3.63) is 61.2 Å². The first-order valence-corrected chi connectivity index (χ1v) is 7.83. The second-order valence-corrected chi connectivity index (χ2v) is 6.13. The van der Waals surface area contributed by atoms with Gasteiger partial charge in [-0.3, -0.25) is 30.9 Å². The number of halogens is 3. The predicted octanol–water partition coefficient (Wildman–Crippen LogP) is 4.19. The highest BCUT2D eigenvalue weighted by Gasteiger charge is 2.18. The number of carbonyl (C=O) groups is 1. The van der Waals surface area contributed by atoms with E-state index in [1.54, 1.807) is 0 Å². The van der Waals surface area contributed by atoms with E-state index in [0.29, 0.717) is 15.9 Å². The van der Waals surface area contributed by atoms with Crippen LogP contribution in [0.5, 0.6) is 0 Å². The van der Waals surface area contributed by atoms with Crippen molar-refractivity contribution in [2.45, 2.75) is 0 Å². The molecular weight excluding hydrogens is 393 g/mol. The Morgan fingerprint density at radius 1 is 1.16 bits per heavy atom. The molecule has 0 atom stereocenters. The lowest BCUT2D eigenvalue weighted by atomic mass is 10.2. The number of rotatable bonds is 4. The SMILES string of the molecule is O=C(NNc1c(Cl)cc(Cl)cc1Cl)c1n[nH]c2ccc([N+](=O)[O-])cc12. The van der Waals surface area contributed by atoms with E-state index in [2.05, 4.69) is 21.0 Å². The van der Waals surface area contributed by atoms with Crippen molar-refractivity contribution < 1.29 is 9.72 Å². The molecular formula is C14H8Cl3N5O3.